The molecule has 13 heavy (non-hydrogen) atoms. The number of hydrogen-bond donors (Lipinski definition) is 1. The fourth-order valence-corrected chi connectivity index (χ4v) is 0.934. The smallest absolute Gasteiger partial charge is 0.157 e. The molecule has 5 heteroatoms. The van der Waals surface area contributed by atoms with Crippen molar-refractivity contribution in [1.82, 2.24) is 15.1 Å². The van der Waals surface area contributed by atoms with Crippen molar-refractivity contribution >= 4 is 12.4 Å². The highest BCUT2D eigenvalue weighted by Gasteiger charge is 1.96. The molecule has 4 nitrogen and oxygen atoms in total. The zero-order chi connectivity index (χ0) is 8.81. The van der Waals surface area contributed by atoms with Gasteiger partial charge in [0.25, 0.3) is 0 Å². The zero-order valence-electron chi connectivity index (χ0n) is 7.99. The molecule has 76 valence electrons. The second-order valence-corrected chi connectivity index (χ2v) is 2.48. The van der Waals surface area contributed by atoms with Crippen molar-refractivity contribution in [1.29, 1.82) is 0 Å². The first-order chi connectivity index (χ1) is 5.86. The Hall–Kier alpha value is -0.740. The molecule has 0 radical (unpaired) electrons. The van der Waals surface area contributed by atoms with Crippen LogP contribution in [0, 0.1) is 0 Å². The maximum atomic E-state index is 5.26. The summed E-state index contributed by atoms with van der Waals surface area (Å²) in [7, 11) is 1.92. The summed E-state index contributed by atoms with van der Waals surface area (Å²) in [5, 5.41) is 7.18. The Morgan fingerprint density at radius 2 is 2.38 bits per heavy atom. The van der Waals surface area contributed by atoms with Crippen molar-refractivity contribution in [2.75, 3.05) is 20.2 Å². The first kappa shape index (κ1) is 12.3. The largest absolute Gasteiger partial charge is 0.491 e. The Kier molecular flexibility index (Phi) is 6.36. The lowest BCUT2D eigenvalue weighted by molar-refractivity contribution is 0.339. The fourth-order valence-electron chi connectivity index (χ4n) is 0.934. The van der Waals surface area contributed by atoms with Gasteiger partial charge in [-0.2, -0.15) is 5.10 Å². The van der Waals surface area contributed by atoms with Crippen molar-refractivity contribution < 1.29 is 4.74 Å². The second kappa shape index (κ2) is 6.74. The van der Waals surface area contributed by atoms with Crippen LogP contribution in [0.5, 0.6) is 5.75 Å². The summed E-state index contributed by atoms with van der Waals surface area (Å²) in [6.07, 6.45) is 3.64. The van der Waals surface area contributed by atoms with E-state index in [4.69, 9.17) is 4.74 Å². The lowest BCUT2D eigenvalue weighted by Crippen LogP contribution is -2.14. The molecule has 0 saturated heterocycles. The molecular formula is C8H16ClN3O. The number of hydrogen-bond acceptors (Lipinski definition) is 3. The molecule has 1 aromatic rings. The summed E-state index contributed by atoms with van der Waals surface area (Å²) < 4.78 is 7.13. The molecule has 0 aliphatic rings. The van der Waals surface area contributed by atoms with E-state index in [1.165, 1.54) is 0 Å². The van der Waals surface area contributed by atoms with Crippen LogP contribution in [-0.2, 0) is 6.54 Å². The Morgan fingerprint density at radius 1 is 1.62 bits per heavy atom. The van der Waals surface area contributed by atoms with Crippen molar-refractivity contribution in [3.8, 4) is 5.75 Å². The minimum atomic E-state index is 0. The molecule has 0 spiro atoms. The van der Waals surface area contributed by atoms with Gasteiger partial charge in [-0.05, 0) is 14.0 Å². The Balaban J connectivity index is 0.00000144. The third-order valence-corrected chi connectivity index (χ3v) is 1.51. The van der Waals surface area contributed by atoms with E-state index in [0.29, 0.717) is 6.61 Å². The maximum absolute atomic E-state index is 5.26. The molecule has 1 N–H and O–H groups in total. The summed E-state index contributed by atoms with van der Waals surface area (Å²) in [5.74, 6) is 0.841. The van der Waals surface area contributed by atoms with Crippen LogP contribution >= 0.6 is 12.4 Å². The third-order valence-electron chi connectivity index (χ3n) is 1.51. The summed E-state index contributed by atoms with van der Waals surface area (Å²) in [4.78, 5) is 0. The van der Waals surface area contributed by atoms with Crippen molar-refractivity contribution in [3.05, 3.63) is 12.4 Å². The van der Waals surface area contributed by atoms with E-state index in [9.17, 15) is 0 Å². The van der Waals surface area contributed by atoms with Crippen LogP contribution in [0.15, 0.2) is 12.4 Å². The van der Waals surface area contributed by atoms with Gasteiger partial charge in [0.2, 0.25) is 0 Å². The summed E-state index contributed by atoms with van der Waals surface area (Å²) >= 11 is 0. The summed E-state index contributed by atoms with van der Waals surface area (Å²) in [5.41, 5.74) is 0. The number of rotatable bonds is 5. The SMILES string of the molecule is CCOc1cnn(CCNC)c1.Cl. The molecule has 0 aliphatic carbocycles. The normalized spacial score (nSPS) is 9.38. The highest BCUT2D eigenvalue weighted by molar-refractivity contribution is 5.85. The number of aromatic nitrogens is 2. The minimum absolute atomic E-state index is 0. The van der Waals surface area contributed by atoms with E-state index >= 15 is 0 Å². The summed E-state index contributed by atoms with van der Waals surface area (Å²) in [6, 6.07) is 0. The Morgan fingerprint density at radius 3 is 3.00 bits per heavy atom. The Labute approximate surface area is 84.7 Å². The molecule has 0 unspecified atom stereocenters. The molecule has 0 bridgehead atoms. The van der Waals surface area contributed by atoms with Crippen LogP contribution in [0.3, 0.4) is 0 Å². The van der Waals surface area contributed by atoms with E-state index in [-0.39, 0.29) is 12.4 Å². The van der Waals surface area contributed by atoms with Gasteiger partial charge < -0.3 is 10.1 Å². The third kappa shape index (κ3) is 4.15. The van der Waals surface area contributed by atoms with Gasteiger partial charge in [0.1, 0.15) is 0 Å². The average molecular weight is 206 g/mol. The van der Waals surface area contributed by atoms with Crippen molar-refractivity contribution in [2.24, 2.45) is 0 Å². The molecule has 1 heterocycles. The lowest BCUT2D eigenvalue weighted by Gasteiger charge is -1.99. The molecule has 0 aliphatic heterocycles. The molecular weight excluding hydrogens is 190 g/mol. The molecule has 0 aromatic carbocycles. The number of likely N-dealkylation sites (N-methyl/N-ethyl adjacent to an activating group) is 1. The maximum Gasteiger partial charge on any atom is 0.157 e. The minimum Gasteiger partial charge on any atom is -0.491 e. The second-order valence-electron chi connectivity index (χ2n) is 2.48. The molecule has 0 atom stereocenters. The van der Waals surface area contributed by atoms with E-state index in [1.807, 2.05) is 24.9 Å². The number of ether oxygens (including phenoxy) is 1. The highest BCUT2D eigenvalue weighted by Crippen LogP contribution is 2.06. The molecule has 1 rings (SSSR count). The van der Waals surface area contributed by atoms with Gasteiger partial charge in [0.15, 0.2) is 5.75 Å². The van der Waals surface area contributed by atoms with Crippen molar-refractivity contribution in [3.63, 3.8) is 0 Å². The number of nitrogens with one attached hydrogen (secondary N) is 1. The van der Waals surface area contributed by atoms with Crippen LogP contribution in [0.4, 0.5) is 0 Å². The molecule has 1 aromatic heterocycles. The van der Waals surface area contributed by atoms with Gasteiger partial charge in [-0.25, -0.2) is 0 Å². The molecule has 0 amide bonds. The highest BCUT2D eigenvalue weighted by atomic mass is 35.5. The standard InChI is InChI=1S/C8H15N3O.ClH/c1-3-12-8-6-10-11(7-8)5-4-9-2;/h6-7,9H,3-5H2,1-2H3;1H. The van der Waals surface area contributed by atoms with Gasteiger partial charge in [0, 0.05) is 6.54 Å². The first-order valence-electron chi connectivity index (χ1n) is 4.16. The van der Waals surface area contributed by atoms with Crippen LogP contribution in [-0.4, -0.2) is 30.0 Å². The van der Waals surface area contributed by atoms with E-state index in [1.54, 1.807) is 6.20 Å². The van der Waals surface area contributed by atoms with Gasteiger partial charge in [0.05, 0.1) is 25.5 Å². The first-order valence-corrected chi connectivity index (χ1v) is 4.16. The van der Waals surface area contributed by atoms with Crippen LogP contribution < -0.4 is 10.1 Å². The molecule has 0 saturated carbocycles. The number of nitrogens with zero attached hydrogens (tertiary/aromatic N) is 2. The monoisotopic (exact) mass is 205 g/mol. The quantitative estimate of drug-likeness (QED) is 0.777. The van der Waals surface area contributed by atoms with Crippen LogP contribution in [0.1, 0.15) is 6.92 Å². The van der Waals surface area contributed by atoms with Crippen LogP contribution in [0.25, 0.3) is 0 Å². The number of halogens is 1. The lowest BCUT2D eigenvalue weighted by atomic mass is 10.6. The fraction of sp³-hybridized carbons (Fsp3) is 0.625. The van der Waals surface area contributed by atoms with Gasteiger partial charge in [-0.15, -0.1) is 12.4 Å². The van der Waals surface area contributed by atoms with E-state index in [2.05, 4.69) is 10.4 Å². The Bertz CT molecular complexity index is 227. The van der Waals surface area contributed by atoms with E-state index in [0.717, 1.165) is 18.8 Å². The predicted octanol–water partition coefficient (Wildman–Crippen LogP) is 0.923. The summed E-state index contributed by atoms with van der Waals surface area (Å²) in [6.45, 7) is 4.46. The van der Waals surface area contributed by atoms with Crippen LogP contribution in [0.2, 0.25) is 0 Å². The topological polar surface area (TPSA) is 39.1 Å². The molecule has 0 fully saturated rings. The zero-order valence-corrected chi connectivity index (χ0v) is 8.80. The van der Waals surface area contributed by atoms with Gasteiger partial charge in [-0.1, -0.05) is 0 Å². The average Bonchev–Trinajstić information content (AvgIpc) is 2.50. The van der Waals surface area contributed by atoms with E-state index < -0.39 is 0 Å². The predicted molar refractivity (Wildman–Crippen MR) is 54.6 cm³/mol. The van der Waals surface area contributed by atoms with Gasteiger partial charge in [-0.3, -0.25) is 4.68 Å². The van der Waals surface area contributed by atoms with Crippen molar-refractivity contribution in [2.45, 2.75) is 13.5 Å². The van der Waals surface area contributed by atoms with Gasteiger partial charge >= 0.3 is 0 Å².